The molecule has 162 valence electrons. The fourth-order valence-corrected chi connectivity index (χ4v) is 4.14. The molecule has 0 unspecified atom stereocenters. The van der Waals surface area contributed by atoms with Crippen LogP contribution in [0.3, 0.4) is 0 Å². The van der Waals surface area contributed by atoms with E-state index in [1.54, 1.807) is 41.0 Å². The number of fused-ring (bicyclic) bond motifs is 1. The molecule has 2 heterocycles. The zero-order chi connectivity index (χ0) is 22.2. The highest BCUT2D eigenvalue weighted by atomic mass is 16.6. The number of nitrogens with one attached hydrogen (secondary N) is 2. The van der Waals surface area contributed by atoms with Crippen LogP contribution in [0.2, 0.25) is 0 Å². The van der Waals surface area contributed by atoms with Crippen molar-refractivity contribution in [3.05, 3.63) is 54.4 Å². The monoisotopic (exact) mass is 421 g/mol. The van der Waals surface area contributed by atoms with Gasteiger partial charge in [0.15, 0.2) is 0 Å². The summed E-state index contributed by atoms with van der Waals surface area (Å²) in [6.07, 6.45) is 4.61. The number of aromatic nitrogens is 2. The van der Waals surface area contributed by atoms with Gasteiger partial charge in [-0.25, -0.2) is 9.31 Å². The van der Waals surface area contributed by atoms with Crippen LogP contribution in [-0.4, -0.2) is 27.7 Å². The number of primary amides is 1. The number of benzene rings is 1. The van der Waals surface area contributed by atoms with Gasteiger partial charge in [0.2, 0.25) is 0 Å². The maximum Gasteiger partial charge on any atom is 0.417 e. The summed E-state index contributed by atoms with van der Waals surface area (Å²) in [5.74, 6) is 0.440. The van der Waals surface area contributed by atoms with Crippen molar-refractivity contribution in [2.75, 3.05) is 10.6 Å². The number of para-hydroxylation sites is 1. The Labute approximate surface area is 180 Å². The molecule has 8 nitrogen and oxygen atoms in total. The number of carbonyl (C=O) groups is 2. The average molecular weight is 422 g/mol. The minimum absolute atomic E-state index is 0.0579. The smallest absolute Gasteiger partial charge is 0.410 e. The molecule has 1 saturated carbocycles. The Hall–Kier alpha value is -3.55. The van der Waals surface area contributed by atoms with Crippen molar-refractivity contribution in [1.82, 2.24) is 9.61 Å². The summed E-state index contributed by atoms with van der Waals surface area (Å²) in [5.41, 5.74) is 7.78. The van der Waals surface area contributed by atoms with Crippen molar-refractivity contribution in [3.8, 4) is 5.75 Å². The van der Waals surface area contributed by atoms with E-state index in [0.717, 1.165) is 12.8 Å². The molecule has 2 aromatic heterocycles. The van der Waals surface area contributed by atoms with Crippen LogP contribution in [0, 0.1) is 11.3 Å². The summed E-state index contributed by atoms with van der Waals surface area (Å²) >= 11 is 0. The predicted octanol–water partition coefficient (Wildman–Crippen LogP) is 4.28. The third-order valence-electron chi connectivity index (χ3n) is 6.48. The second-order valence-corrected chi connectivity index (χ2v) is 8.68. The highest BCUT2D eigenvalue weighted by molar-refractivity contribution is 6.02. The number of amides is 2. The zero-order valence-corrected chi connectivity index (χ0v) is 17.9. The molecule has 0 spiro atoms. The van der Waals surface area contributed by atoms with Crippen molar-refractivity contribution in [2.24, 2.45) is 17.1 Å². The number of rotatable bonds is 5. The van der Waals surface area contributed by atoms with E-state index >= 15 is 0 Å². The lowest BCUT2D eigenvalue weighted by Crippen LogP contribution is -2.35. The van der Waals surface area contributed by atoms with Gasteiger partial charge in [0, 0.05) is 6.04 Å². The van der Waals surface area contributed by atoms with E-state index < -0.39 is 12.0 Å². The molecule has 1 aliphatic carbocycles. The molecule has 0 aliphatic heterocycles. The van der Waals surface area contributed by atoms with Gasteiger partial charge < -0.3 is 15.8 Å². The summed E-state index contributed by atoms with van der Waals surface area (Å²) in [7, 11) is 0. The quantitative estimate of drug-likeness (QED) is 0.569. The molecule has 1 aromatic carbocycles. The molecule has 1 aliphatic rings. The van der Waals surface area contributed by atoms with Crippen LogP contribution in [0.15, 0.2) is 48.8 Å². The maximum absolute atomic E-state index is 12.3. The van der Waals surface area contributed by atoms with Gasteiger partial charge in [0.25, 0.3) is 5.91 Å². The first-order chi connectivity index (χ1) is 14.8. The first-order valence-electron chi connectivity index (χ1n) is 10.4. The molecule has 8 heteroatoms. The Morgan fingerprint density at radius 1 is 1.23 bits per heavy atom. The third-order valence-corrected chi connectivity index (χ3v) is 6.48. The summed E-state index contributed by atoms with van der Waals surface area (Å²) < 4.78 is 6.89. The van der Waals surface area contributed by atoms with E-state index in [9.17, 15) is 9.59 Å². The van der Waals surface area contributed by atoms with E-state index in [1.165, 1.54) is 6.20 Å². The van der Waals surface area contributed by atoms with Crippen molar-refractivity contribution < 1.29 is 14.3 Å². The van der Waals surface area contributed by atoms with Crippen molar-refractivity contribution in [1.29, 1.82) is 0 Å². The molecule has 2 atom stereocenters. The molecule has 3 aromatic rings. The fourth-order valence-electron chi connectivity index (χ4n) is 4.14. The van der Waals surface area contributed by atoms with Gasteiger partial charge in [-0.05, 0) is 42.4 Å². The van der Waals surface area contributed by atoms with Crippen LogP contribution >= 0.6 is 0 Å². The number of nitrogens with two attached hydrogens (primary N) is 1. The Morgan fingerprint density at radius 2 is 1.97 bits per heavy atom. The number of nitrogens with zero attached hydrogens (tertiary/aromatic N) is 2. The molecular weight excluding hydrogens is 394 g/mol. The molecule has 0 bridgehead atoms. The molecule has 1 fully saturated rings. The summed E-state index contributed by atoms with van der Waals surface area (Å²) in [5, 5.41) is 10.5. The lowest BCUT2D eigenvalue weighted by molar-refractivity contribution is 0.100. The van der Waals surface area contributed by atoms with Gasteiger partial charge in [-0.15, -0.1) is 0 Å². The van der Waals surface area contributed by atoms with Crippen LogP contribution in [0.1, 0.15) is 44.0 Å². The Morgan fingerprint density at radius 3 is 2.61 bits per heavy atom. The second-order valence-electron chi connectivity index (χ2n) is 8.68. The minimum atomic E-state index is -0.613. The zero-order valence-electron chi connectivity index (χ0n) is 17.9. The number of ether oxygens (including phenoxy) is 1. The Kier molecular flexibility index (Phi) is 5.31. The van der Waals surface area contributed by atoms with Crippen molar-refractivity contribution >= 4 is 28.9 Å². The lowest BCUT2D eigenvalue weighted by atomic mass is 9.80. The molecule has 4 N–H and O–H groups in total. The maximum atomic E-state index is 12.3. The largest absolute Gasteiger partial charge is 0.417 e. The van der Waals surface area contributed by atoms with Crippen LogP contribution in [-0.2, 0) is 0 Å². The molecule has 2 amide bonds. The highest BCUT2D eigenvalue weighted by Gasteiger charge is 2.41. The van der Waals surface area contributed by atoms with E-state index in [2.05, 4.69) is 36.5 Å². The number of hydrogen-bond acceptors (Lipinski definition) is 5. The molecule has 31 heavy (non-hydrogen) atoms. The summed E-state index contributed by atoms with van der Waals surface area (Å²) in [4.78, 5) is 24.4. The van der Waals surface area contributed by atoms with Crippen LogP contribution < -0.4 is 21.1 Å². The Bertz CT molecular complexity index is 1120. The Balaban J connectivity index is 1.63. The molecule has 0 radical (unpaired) electrons. The first kappa shape index (κ1) is 20.7. The van der Waals surface area contributed by atoms with Crippen molar-refractivity contribution in [3.63, 3.8) is 0 Å². The second kappa shape index (κ2) is 7.94. The molecular formula is C23H27N5O3. The van der Waals surface area contributed by atoms with Gasteiger partial charge in [-0.2, -0.15) is 5.10 Å². The SMILES string of the molecule is C[C@H]1CC[C@@H](Nc2c(C(N)=O)cnn3cc(NC(=O)Oc4ccccc4)cc23)C1(C)C. The van der Waals surface area contributed by atoms with Gasteiger partial charge in [-0.3, -0.25) is 10.1 Å². The first-order valence-corrected chi connectivity index (χ1v) is 10.4. The minimum Gasteiger partial charge on any atom is -0.410 e. The standard InChI is InChI=1S/C23H27N5O3/c1-14-9-10-19(23(14,2)3)27-20-17(21(24)29)12-25-28-13-15(11-18(20)28)26-22(30)31-16-7-5-4-6-8-16/h4-8,11-14,19,27H,9-10H2,1-3H3,(H2,24,29)(H,26,30)/t14-,19+/m0/s1. The van der Waals surface area contributed by atoms with E-state index in [0.29, 0.717) is 34.1 Å². The summed E-state index contributed by atoms with van der Waals surface area (Å²) in [6.45, 7) is 6.71. The average Bonchev–Trinajstić information content (AvgIpc) is 3.23. The van der Waals surface area contributed by atoms with E-state index in [1.807, 2.05) is 6.07 Å². The van der Waals surface area contributed by atoms with Gasteiger partial charge in [0.1, 0.15) is 5.75 Å². The third kappa shape index (κ3) is 4.05. The topological polar surface area (TPSA) is 111 Å². The molecule has 0 saturated heterocycles. The van der Waals surface area contributed by atoms with E-state index in [-0.39, 0.29) is 11.5 Å². The van der Waals surface area contributed by atoms with Crippen LogP contribution in [0.4, 0.5) is 16.2 Å². The highest BCUT2D eigenvalue weighted by Crippen LogP contribution is 2.44. The van der Waals surface area contributed by atoms with Crippen LogP contribution in [0.5, 0.6) is 5.75 Å². The lowest BCUT2D eigenvalue weighted by Gasteiger charge is -2.33. The normalized spacial score (nSPS) is 19.8. The summed E-state index contributed by atoms with van der Waals surface area (Å²) in [6, 6.07) is 10.7. The number of carbonyl (C=O) groups excluding carboxylic acids is 2. The molecule has 4 rings (SSSR count). The van der Waals surface area contributed by atoms with Crippen LogP contribution in [0.25, 0.3) is 5.52 Å². The van der Waals surface area contributed by atoms with Crippen molar-refractivity contribution in [2.45, 2.75) is 39.7 Å². The van der Waals surface area contributed by atoms with E-state index in [4.69, 9.17) is 10.5 Å². The predicted molar refractivity (Wildman–Crippen MR) is 119 cm³/mol. The van der Waals surface area contributed by atoms with Gasteiger partial charge >= 0.3 is 6.09 Å². The number of anilines is 2. The number of hydrogen-bond donors (Lipinski definition) is 3. The van der Waals surface area contributed by atoms with Gasteiger partial charge in [-0.1, -0.05) is 39.0 Å². The van der Waals surface area contributed by atoms with Gasteiger partial charge in [0.05, 0.1) is 34.8 Å². The fraction of sp³-hybridized carbons (Fsp3) is 0.348.